The molecular weight excluding hydrogens is 346 g/mol. The first-order chi connectivity index (χ1) is 10.5. The lowest BCUT2D eigenvalue weighted by Gasteiger charge is -2.14. The molecule has 0 aliphatic heterocycles. The molecule has 0 bridgehead atoms. The van der Waals surface area contributed by atoms with Gasteiger partial charge < -0.3 is 15.5 Å². The zero-order valence-corrected chi connectivity index (χ0v) is 13.8. The number of carbonyl (C=O) groups is 2. The molecule has 0 saturated carbocycles. The highest BCUT2D eigenvalue weighted by Crippen LogP contribution is 2.18. The minimum Gasteiger partial charge on any atom is -0.378 e. The summed E-state index contributed by atoms with van der Waals surface area (Å²) in [5.74, 6) is -1.43. The van der Waals surface area contributed by atoms with Crippen molar-refractivity contribution in [2.75, 3.05) is 29.6 Å². The van der Waals surface area contributed by atoms with Crippen LogP contribution in [0, 0.1) is 0 Å². The Morgan fingerprint density at radius 3 is 2.00 bits per heavy atom. The van der Waals surface area contributed by atoms with Crippen molar-refractivity contribution in [1.29, 1.82) is 0 Å². The van der Waals surface area contributed by atoms with E-state index in [4.69, 9.17) is 0 Å². The summed E-state index contributed by atoms with van der Waals surface area (Å²) in [6, 6.07) is 14.3. The van der Waals surface area contributed by atoms with Crippen LogP contribution in [0.25, 0.3) is 0 Å². The minimum atomic E-state index is -0.714. The molecule has 2 N–H and O–H groups in total. The van der Waals surface area contributed by atoms with Gasteiger partial charge in [0, 0.05) is 35.6 Å². The highest BCUT2D eigenvalue weighted by molar-refractivity contribution is 9.10. The van der Waals surface area contributed by atoms with Gasteiger partial charge in [-0.1, -0.05) is 28.1 Å². The minimum absolute atomic E-state index is 0.552. The van der Waals surface area contributed by atoms with Crippen molar-refractivity contribution in [3.05, 3.63) is 53.0 Å². The SMILES string of the molecule is CN(C)c1cccc(NC(=O)C(=O)Nc2cccc(Br)c2)c1. The third kappa shape index (κ3) is 4.33. The van der Waals surface area contributed by atoms with Crippen LogP contribution in [0.5, 0.6) is 0 Å². The number of benzene rings is 2. The van der Waals surface area contributed by atoms with E-state index in [2.05, 4.69) is 26.6 Å². The van der Waals surface area contributed by atoms with Crippen molar-refractivity contribution in [1.82, 2.24) is 0 Å². The van der Waals surface area contributed by atoms with E-state index in [1.807, 2.05) is 37.2 Å². The Bertz CT molecular complexity index is 701. The van der Waals surface area contributed by atoms with E-state index in [-0.39, 0.29) is 0 Å². The Morgan fingerprint density at radius 1 is 0.909 bits per heavy atom. The number of nitrogens with one attached hydrogen (secondary N) is 2. The lowest BCUT2D eigenvalue weighted by molar-refractivity contribution is -0.132. The summed E-state index contributed by atoms with van der Waals surface area (Å²) in [5, 5.41) is 5.13. The van der Waals surface area contributed by atoms with Gasteiger partial charge >= 0.3 is 11.8 Å². The Kier molecular flexibility index (Phi) is 5.16. The quantitative estimate of drug-likeness (QED) is 0.825. The molecular formula is C16H16BrN3O2. The number of nitrogens with zero attached hydrogens (tertiary/aromatic N) is 1. The predicted octanol–water partition coefficient (Wildman–Crippen LogP) is 3.09. The topological polar surface area (TPSA) is 61.4 Å². The third-order valence-corrected chi connectivity index (χ3v) is 3.40. The summed E-state index contributed by atoms with van der Waals surface area (Å²) in [4.78, 5) is 25.7. The molecule has 0 unspecified atom stereocenters. The maximum Gasteiger partial charge on any atom is 0.314 e. The van der Waals surface area contributed by atoms with Crippen LogP contribution < -0.4 is 15.5 Å². The third-order valence-electron chi connectivity index (χ3n) is 2.91. The number of hydrogen-bond donors (Lipinski definition) is 2. The second-order valence-electron chi connectivity index (χ2n) is 4.86. The molecule has 2 aromatic carbocycles. The van der Waals surface area contributed by atoms with E-state index in [1.54, 1.807) is 30.3 Å². The van der Waals surface area contributed by atoms with E-state index in [0.717, 1.165) is 10.2 Å². The molecule has 0 aliphatic carbocycles. The zero-order chi connectivity index (χ0) is 16.1. The van der Waals surface area contributed by atoms with Gasteiger partial charge in [-0.15, -0.1) is 0 Å². The van der Waals surface area contributed by atoms with Crippen molar-refractivity contribution in [3.8, 4) is 0 Å². The number of anilines is 3. The largest absolute Gasteiger partial charge is 0.378 e. The standard InChI is InChI=1S/C16H16BrN3O2/c1-20(2)14-8-4-7-13(10-14)19-16(22)15(21)18-12-6-3-5-11(17)9-12/h3-10H,1-2H3,(H,18,21)(H,19,22). The Morgan fingerprint density at radius 2 is 1.45 bits per heavy atom. The van der Waals surface area contributed by atoms with Gasteiger partial charge in [0.05, 0.1) is 0 Å². The molecule has 0 spiro atoms. The van der Waals surface area contributed by atoms with Crippen LogP contribution in [0.15, 0.2) is 53.0 Å². The molecule has 6 heteroatoms. The first-order valence-corrected chi connectivity index (χ1v) is 7.40. The first-order valence-electron chi connectivity index (χ1n) is 6.61. The Hall–Kier alpha value is -2.34. The lowest BCUT2D eigenvalue weighted by Crippen LogP contribution is -2.29. The lowest BCUT2D eigenvalue weighted by atomic mass is 10.2. The predicted molar refractivity (Wildman–Crippen MR) is 92.2 cm³/mol. The summed E-state index contributed by atoms with van der Waals surface area (Å²) in [6.07, 6.45) is 0. The molecule has 0 saturated heterocycles. The molecule has 114 valence electrons. The van der Waals surface area contributed by atoms with Gasteiger partial charge in [0.15, 0.2) is 0 Å². The number of amides is 2. The van der Waals surface area contributed by atoms with Gasteiger partial charge in [-0.3, -0.25) is 9.59 Å². The second kappa shape index (κ2) is 7.09. The highest BCUT2D eigenvalue weighted by atomic mass is 79.9. The molecule has 0 aliphatic rings. The summed E-state index contributed by atoms with van der Waals surface area (Å²) >= 11 is 3.31. The van der Waals surface area contributed by atoms with Gasteiger partial charge in [-0.25, -0.2) is 0 Å². The molecule has 0 atom stereocenters. The van der Waals surface area contributed by atoms with E-state index in [0.29, 0.717) is 11.4 Å². The summed E-state index contributed by atoms with van der Waals surface area (Å²) in [6.45, 7) is 0. The smallest absolute Gasteiger partial charge is 0.314 e. The molecule has 0 radical (unpaired) electrons. The number of carbonyl (C=O) groups excluding carboxylic acids is 2. The molecule has 2 aromatic rings. The molecule has 22 heavy (non-hydrogen) atoms. The fraction of sp³-hybridized carbons (Fsp3) is 0.125. The molecule has 0 aromatic heterocycles. The van der Waals surface area contributed by atoms with Gasteiger partial charge in [-0.2, -0.15) is 0 Å². The van der Waals surface area contributed by atoms with Crippen molar-refractivity contribution < 1.29 is 9.59 Å². The van der Waals surface area contributed by atoms with Crippen LogP contribution in [0.3, 0.4) is 0 Å². The van der Waals surface area contributed by atoms with Crippen LogP contribution in [0.2, 0.25) is 0 Å². The highest BCUT2D eigenvalue weighted by Gasteiger charge is 2.14. The molecule has 5 nitrogen and oxygen atoms in total. The van der Waals surface area contributed by atoms with Gasteiger partial charge in [-0.05, 0) is 36.4 Å². The number of hydrogen-bond acceptors (Lipinski definition) is 3. The fourth-order valence-electron chi connectivity index (χ4n) is 1.80. The van der Waals surface area contributed by atoms with Crippen LogP contribution in [0.1, 0.15) is 0 Å². The van der Waals surface area contributed by atoms with E-state index in [1.165, 1.54) is 0 Å². The van der Waals surface area contributed by atoms with Crippen molar-refractivity contribution >= 4 is 44.8 Å². The normalized spacial score (nSPS) is 9.95. The van der Waals surface area contributed by atoms with Gasteiger partial charge in [0.25, 0.3) is 0 Å². The number of rotatable bonds is 3. The maximum atomic E-state index is 11.9. The summed E-state index contributed by atoms with van der Waals surface area (Å²) in [7, 11) is 3.81. The molecule has 2 amide bonds. The van der Waals surface area contributed by atoms with Gasteiger partial charge in [0.2, 0.25) is 0 Å². The van der Waals surface area contributed by atoms with E-state index >= 15 is 0 Å². The fourth-order valence-corrected chi connectivity index (χ4v) is 2.20. The van der Waals surface area contributed by atoms with Crippen LogP contribution in [0.4, 0.5) is 17.1 Å². The molecule has 0 fully saturated rings. The van der Waals surface area contributed by atoms with Crippen molar-refractivity contribution in [2.45, 2.75) is 0 Å². The molecule has 0 heterocycles. The first kappa shape index (κ1) is 16.0. The zero-order valence-electron chi connectivity index (χ0n) is 12.3. The van der Waals surface area contributed by atoms with Gasteiger partial charge in [0.1, 0.15) is 0 Å². The summed E-state index contributed by atoms with van der Waals surface area (Å²) in [5.41, 5.74) is 2.06. The molecule has 2 rings (SSSR count). The average Bonchev–Trinajstić information content (AvgIpc) is 2.47. The van der Waals surface area contributed by atoms with E-state index in [9.17, 15) is 9.59 Å². The van der Waals surface area contributed by atoms with Crippen LogP contribution in [-0.2, 0) is 9.59 Å². The van der Waals surface area contributed by atoms with Crippen molar-refractivity contribution in [3.63, 3.8) is 0 Å². The Labute approximate surface area is 137 Å². The second-order valence-corrected chi connectivity index (χ2v) is 5.78. The monoisotopic (exact) mass is 361 g/mol. The summed E-state index contributed by atoms with van der Waals surface area (Å²) < 4.78 is 0.824. The average molecular weight is 362 g/mol. The Balaban J connectivity index is 2.02. The van der Waals surface area contributed by atoms with E-state index < -0.39 is 11.8 Å². The van der Waals surface area contributed by atoms with Crippen LogP contribution >= 0.6 is 15.9 Å². The van der Waals surface area contributed by atoms with Crippen molar-refractivity contribution in [2.24, 2.45) is 0 Å². The maximum absolute atomic E-state index is 11.9. The number of halogens is 1. The van der Waals surface area contributed by atoms with Crippen LogP contribution in [-0.4, -0.2) is 25.9 Å².